The molecule has 0 spiro atoms. The van der Waals surface area contributed by atoms with Crippen molar-refractivity contribution in [1.82, 2.24) is 4.90 Å². The summed E-state index contributed by atoms with van der Waals surface area (Å²) in [5.41, 5.74) is 3.70. The Kier molecular flexibility index (Phi) is 5.75. The molecule has 0 saturated carbocycles. The van der Waals surface area contributed by atoms with Gasteiger partial charge in [-0.3, -0.25) is 4.90 Å². The minimum atomic E-state index is -0.227. The summed E-state index contributed by atoms with van der Waals surface area (Å²) < 4.78 is 19.7. The molecular formula is C20H23ClFNO. The molecule has 0 amide bonds. The molecule has 1 saturated heterocycles. The van der Waals surface area contributed by atoms with Crippen molar-refractivity contribution in [2.45, 2.75) is 31.7 Å². The van der Waals surface area contributed by atoms with Gasteiger partial charge in [0, 0.05) is 18.0 Å². The first kappa shape index (κ1) is 17.2. The largest absolute Gasteiger partial charge is 0.497 e. The summed E-state index contributed by atoms with van der Waals surface area (Å²) in [5.74, 6) is 0.902. The molecule has 1 aliphatic heterocycles. The molecule has 0 N–H and O–H groups in total. The van der Waals surface area contributed by atoms with Gasteiger partial charge in [-0.15, -0.1) is 11.6 Å². The van der Waals surface area contributed by atoms with Crippen molar-refractivity contribution in [2.24, 2.45) is 0 Å². The predicted octanol–water partition coefficient (Wildman–Crippen LogP) is 5.23. The van der Waals surface area contributed by atoms with E-state index in [-0.39, 0.29) is 5.82 Å². The van der Waals surface area contributed by atoms with Gasteiger partial charge in [-0.1, -0.05) is 24.6 Å². The molecule has 0 aromatic heterocycles. The highest BCUT2D eigenvalue weighted by atomic mass is 35.5. The van der Waals surface area contributed by atoms with Crippen LogP contribution in [0.1, 0.15) is 30.4 Å². The van der Waals surface area contributed by atoms with Crippen LogP contribution < -0.4 is 4.74 Å². The second kappa shape index (κ2) is 8.00. The van der Waals surface area contributed by atoms with Crippen LogP contribution in [0.25, 0.3) is 11.1 Å². The minimum Gasteiger partial charge on any atom is -0.497 e. The third kappa shape index (κ3) is 3.90. The summed E-state index contributed by atoms with van der Waals surface area (Å²) >= 11 is 6.01. The van der Waals surface area contributed by atoms with Gasteiger partial charge in [-0.25, -0.2) is 4.39 Å². The van der Waals surface area contributed by atoms with Crippen LogP contribution >= 0.6 is 11.6 Å². The zero-order chi connectivity index (χ0) is 16.9. The van der Waals surface area contributed by atoms with E-state index in [1.165, 1.54) is 25.3 Å². The number of hydrogen-bond acceptors (Lipinski definition) is 2. The maximum absolute atomic E-state index is 14.4. The van der Waals surface area contributed by atoms with Gasteiger partial charge >= 0.3 is 0 Å². The Hall–Kier alpha value is -1.58. The van der Waals surface area contributed by atoms with E-state index in [0.29, 0.717) is 17.2 Å². The molecule has 2 nitrogen and oxygen atoms in total. The maximum Gasteiger partial charge on any atom is 0.131 e. The first-order valence-electron chi connectivity index (χ1n) is 8.45. The molecule has 1 fully saturated rings. The third-order valence-corrected chi connectivity index (χ3v) is 4.94. The Bertz CT molecular complexity index is 698. The average Bonchev–Trinajstić information content (AvgIpc) is 2.63. The summed E-state index contributed by atoms with van der Waals surface area (Å²) in [5, 5.41) is 0. The predicted molar refractivity (Wildman–Crippen MR) is 97.1 cm³/mol. The van der Waals surface area contributed by atoms with Gasteiger partial charge in [0.05, 0.1) is 7.11 Å². The van der Waals surface area contributed by atoms with Crippen LogP contribution in [-0.4, -0.2) is 25.1 Å². The number of rotatable bonds is 5. The standard InChI is InChI=1S/C20H23ClFNO/c1-24-17-6-8-20(22)19(12-17)18-7-5-15(13-21)11-16(18)14-23-9-3-2-4-10-23/h5-8,11-12H,2-4,9-10,13-14H2,1H3. The molecule has 3 rings (SSSR count). The van der Waals surface area contributed by atoms with Gasteiger partial charge in [0.25, 0.3) is 0 Å². The first-order valence-corrected chi connectivity index (χ1v) is 8.98. The number of methoxy groups -OCH3 is 1. The van der Waals surface area contributed by atoms with Crippen molar-refractivity contribution in [3.63, 3.8) is 0 Å². The monoisotopic (exact) mass is 347 g/mol. The van der Waals surface area contributed by atoms with E-state index in [1.807, 2.05) is 12.1 Å². The fourth-order valence-corrected chi connectivity index (χ4v) is 3.49. The molecule has 24 heavy (non-hydrogen) atoms. The van der Waals surface area contributed by atoms with Gasteiger partial charge in [0.2, 0.25) is 0 Å². The van der Waals surface area contributed by atoms with Crippen molar-refractivity contribution >= 4 is 11.6 Å². The van der Waals surface area contributed by atoms with Crippen LogP contribution in [0, 0.1) is 5.82 Å². The molecule has 0 atom stereocenters. The van der Waals surface area contributed by atoms with Gasteiger partial charge in [0.1, 0.15) is 11.6 Å². The second-order valence-corrected chi connectivity index (χ2v) is 6.57. The SMILES string of the molecule is COc1ccc(F)c(-c2ccc(CCl)cc2CN2CCCCC2)c1. The maximum atomic E-state index is 14.4. The van der Waals surface area contributed by atoms with Crippen LogP contribution in [0.15, 0.2) is 36.4 Å². The molecule has 1 heterocycles. The van der Waals surface area contributed by atoms with Crippen LogP contribution in [-0.2, 0) is 12.4 Å². The van der Waals surface area contributed by atoms with Crippen molar-refractivity contribution in [1.29, 1.82) is 0 Å². The topological polar surface area (TPSA) is 12.5 Å². The molecule has 1 aliphatic rings. The number of alkyl halides is 1. The van der Waals surface area contributed by atoms with E-state index in [9.17, 15) is 4.39 Å². The zero-order valence-corrected chi connectivity index (χ0v) is 14.8. The van der Waals surface area contributed by atoms with E-state index in [2.05, 4.69) is 11.0 Å². The van der Waals surface area contributed by atoms with Crippen molar-refractivity contribution in [2.75, 3.05) is 20.2 Å². The average molecular weight is 348 g/mol. The molecule has 4 heteroatoms. The molecule has 2 aromatic rings. The van der Waals surface area contributed by atoms with Crippen LogP contribution in [0.3, 0.4) is 0 Å². The zero-order valence-electron chi connectivity index (χ0n) is 14.0. The number of nitrogens with zero attached hydrogens (tertiary/aromatic N) is 1. The molecule has 2 aromatic carbocycles. The summed E-state index contributed by atoms with van der Waals surface area (Å²) in [6, 6.07) is 10.9. The smallest absolute Gasteiger partial charge is 0.131 e. The number of ether oxygens (including phenoxy) is 1. The normalized spacial score (nSPS) is 15.5. The molecule has 0 bridgehead atoms. The van der Waals surface area contributed by atoms with Crippen molar-refractivity contribution in [3.05, 3.63) is 53.3 Å². The van der Waals surface area contributed by atoms with E-state index in [4.69, 9.17) is 16.3 Å². The Labute approximate surface area is 148 Å². The highest BCUT2D eigenvalue weighted by Crippen LogP contribution is 2.32. The highest BCUT2D eigenvalue weighted by molar-refractivity contribution is 6.17. The van der Waals surface area contributed by atoms with E-state index in [1.54, 1.807) is 19.2 Å². The Morgan fingerprint density at radius 1 is 1.04 bits per heavy atom. The minimum absolute atomic E-state index is 0.227. The van der Waals surface area contributed by atoms with E-state index < -0.39 is 0 Å². The number of piperidine rings is 1. The summed E-state index contributed by atoms with van der Waals surface area (Å²) in [6.07, 6.45) is 3.77. The van der Waals surface area contributed by atoms with Crippen LogP contribution in [0.5, 0.6) is 5.75 Å². The first-order chi connectivity index (χ1) is 11.7. The van der Waals surface area contributed by atoms with E-state index in [0.717, 1.165) is 36.3 Å². The lowest BCUT2D eigenvalue weighted by Gasteiger charge is -2.27. The van der Waals surface area contributed by atoms with Gasteiger partial charge in [0.15, 0.2) is 0 Å². The quantitative estimate of drug-likeness (QED) is 0.687. The highest BCUT2D eigenvalue weighted by Gasteiger charge is 2.16. The number of halogens is 2. The molecular weight excluding hydrogens is 325 g/mol. The molecule has 0 unspecified atom stereocenters. The molecule has 0 radical (unpaired) electrons. The Morgan fingerprint density at radius 2 is 1.83 bits per heavy atom. The summed E-state index contributed by atoms with van der Waals surface area (Å²) in [6.45, 7) is 3.03. The number of hydrogen-bond donors (Lipinski definition) is 0. The number of benzene rings is 2. The lowest BCUT2D eigenvalue weighted by molar-refractivity contribution is 0.221. The summed E-state index contributed by atoms with van der Waals surface area (Å²) in [7, 11) is 1.60. The Balaban J connectivity index is 2.00. The van der Waals surface area contributed by atoms with Gasteiger partial charge in [-0.05, 0) is 60.8 Å². The second-order valence-electron chi connectivity index (χ2n) is 6.31. The lowest BCUT2D eigenvalue weighted by Crippen LogP contribution is -2.29. The van der Waals surface area contributed by atoms with Gasteiger partial charge < -0.3 is 4.74 Å². The summed E-state index contributed by atoms with van der Waals surface area (Å²) in [4.78, 5) is 2.44. The molecule has 128 valence electrons. The molecule has 0 aliphatic carbocycles. The van der Waals surface area contributed by atoms with E-state index >= 15 is 0 Å². The van der Waals surface area contributed by atoms with Crippen LogP contribution in [0.2, 0.25) is 0 Å². The lowest BCUT2D eigenvalue weighted by atomic mass is 9.96. The van der Waals surface area contributed by atoms with Crippen LogP contribution in [0.4, 0.5) is 4.39 Å². The number of likely N-dealkylation sites (tertiary alicyclic amines) is 1. The Morgan fingerprint density at radius 3 is 2.54 bits per heavy atom. The fourth-order valence-electron chi connectivity index (χ4n) is 3.32. The van der Waals surface area contributed by atoms with Crippen molar-refractivity contribution in [3.8, 4) is 16.9 Å². The fraction of sp³-hybridized carbons (Fsp3) is 0.400. The van der Waals surface area contributed by atoms with Gasteiger partial charge in [-0.2, -0.15) is 0 Å². The van der Waals surface area contributed by atoms with Crippen molar-refractivity contribution < 1.29 is 9.13 Å². The third-order valence-electron chi connectivity index (χ3n) is 4.63.